The molecule has 1 aliphatic carbocycles. The first-order chi connectivity index (χ1) is 26.8. The highest BCUT2D eigenvalue weighted by atomic mass is 15.3. The molecule has 0 fully saturated rings. The number of rotatable bonds is 7. The summed E-state index contributed by atoms with van der Waals surface area (Å²) >= 11 is 0. The second-order valence-corrected chi connectivity index (χ2v) is 14.1. The van der Waals surface area contributed by atoms with Crippen LogP contribution in [0.1, 0.15) is 12.8 Å². The van der Waals surface area contributed by atoms with Crippen molar-refractivity contribution in [1.29, 1.82) is 0 Å². The number of para-hydroxylation sites is 7. The number of nitrogens with zero attached hydrogens (tertiary/aromatic N) is 4. The summed E-state index contributed by atoms with van der Waals surface area (Å²) in [7, 11) is 0. The maximum Gasteiger partial charge on any atom is 0.420 e. The van der Waals surface area contributed by atoms with Crippen LogP contribution in [-0.4, -0.2) is 14.0 Å². The molecule has 0 radical (unpaired) electrons. The first kappa shape index (κ1) is 32.0. The fourth-order valence-corrected chi connectivity index (χ4v) is 8.50. The van der Waals surface area contributed by atoms with Crippen molar-refractivity contribution in [1.82, 2.24) is 0 Å². The summed E-state index contributed by atoms with van der Waals surface area (Å²) in [6, 6.07) is 68.3. The molecule has 0 aromatic heterocycles. The molecule has 0 bridgehead atoms. The van der Waals surface area contributed by atoms with E-state index in [0.717, 1.165) is 12.8 Å². The van der Waals surface area contributed by atoms with Crippen molar-refractivity contribution in [3.05, 3.63) is 212 Å². The zero-order chi connectivity index (χ0) is 35.8. The van der Waals surface area contributed by atoms with Crippen LogP contribution in [0, 0.1) is 0 Å². The van der Waals surface area contributed by atoms with Crippen LogP contribution in [0.15, 0.2) is 212 Å². The van der Waals surface area contributed by atoms with E-state index < -0.39 is 0 Å². The highest BCUT2D eigenvalue weighted by Gasteiger charge is 2.45. The molecule has 6 heteroatoms. The fourth-order valence-electron chi connectivity index (χ4n) is 8.50. The molecule has 0 N–H and O–H groups in total. The zero-order valence-electron chi connectivity index (χ0n) is 30.0. The van der Waals surface area contributed by atoms with Gasteiger partial charge in [-0.2, -0.15) is 0 Å². The van der Waals surface area contributed by atoms with Crippen molar-refractivity contribution < 1.29 is 0 Å². The molecule has 0 unspecified atom stereocenters. The highest BCUT2D eigenvalue weighted by molar-refractivity contribution is 6.85. The summed E-state index contributed by atoms with van der Waals surface area (Å²) in [6.45, 7) is -0.0533. The molecule has 54 heavy (non-hydrogen) atoms. The van der Waals surface area contributed by atoms with Crippen LogP contribution in [-0.2, 0) is 0 Å². The summed E-state index contributed by atoms with van der Waals surface area (Å²) in [4.78, 5) is 9.97. The number of hydrogen-bond donors (Lipinski definition) is 0. The predicted octanol–water partition coefficient (Wildman–Crippen LogP) is 10.6. The second kappa shape index (κ2) is 13.7. The first-order valence-electron chi connectivity index (χ1n) is 18.9. The van der Waals surface area contributed by atoms with Gasteiger partial charge in [0.1, 0.15) is 0 Å². The Labute approximate surface area is 318 Å². The van der Waals surface area contributed by atoms with Gasteiger partial charge >= 0.3 is 14.0 Å². The Kier molecular flexibility index (Phi) is 8.14. The molecule has 4 nitrogen and oxygen atoms in total. The molecule has 10 rings (SSSR count). The van der Waals surface area contributed by atoms with Crippen LogP contribution >= 0.6 is 0 Å². The summed E-state index contributed by atoms with van der Waals surface area (Å²) in [5, 5.41) is 0. The molecule has 7 aromatic rings. The van der Waals surface area contributed by atoms with E-state index in [4.69, 9.17) is 0 Å². The van der Waals surface area contributed by atoms with Gasteiger partial charge in [0.05, 0.1) is 22.7 Å². The third-order valence-corrected chi connectivity index (χ3v) is 10.9. The van der Waals surface area contributed by atoms with Gasteiger partial charge in [-0.25, -0.2) is 0 Å². The molecule has 3 aliphatic rings. The van der Waals surface area contributed by atoms with Crippen LogP contribution in [0.3, 0.4) is 0 Å². The van der Waals surface area contributed by atoms with Gasteiger partial charge in [-0.1, -0.05) is 140 Å². The minimum absolute atomic E-state index is 0.00378. The molecule has 0 amide bonds. The third kappa shape index (κ3) is 5.50. The summed E-state index contributed by atoms with van der Waals surface area (Å²) in [5.74, 6) is 0. The summed E-state index contributed by atoms with van der Waals surface area (Å²) in [5.41, 5.74) is 14.6. The topological polar surface area (TPSA) is 13.0 Å². The largest absolute Gasteiger partial charge is 0.420 e. The van der Waals surface area contributed by atoms with E-state index in [1.807, 2.05) is 0 Å². The second-order valence-electron chi connectivity index (χ2n) is 14.1. The predicted molar refractivity (Wildman–Crippen MR) is 230 cm³/mol. The smallest absolute Gasteiger partial charge is 0.363 e. The Bertz CT molecular complexity index is 2400. The molecule has 256 valence electrons. The lowest BCUT2D eigenvalue weighted by Crippen LogP contribution is -2.54. The Morgan fingerprint density at radius 2 is 0.704 bits per heavy atom. The maximum atomic E-state index is 2.55. The van der Waals surface area contributed by atoms with Gasteiger partial charge in [-0.05, 0) is 102 Å². The van der Waals surface area contributed by atoms with Crippen molar-refractivity contribution in [2.45, 2.75) is 12.8 Å². The van der Waals surface area contributed by atoms with Crippen molar-refractivity contribution >= 4 is 64.7 Å². The van der Waals surface area contributed by atoms with Crippen molar-refractivity contribution in [2.24, 2.45) is 0 Å². The van der Waals surface area contributed by atoms with Crippen LogP contribution in [0.25, 0.3) is 11.1 Å². The molecule has 0 saturated heterocycles. The number of benzene rings is 7. The van der Waals surface area contributed by atoms with Gasteiger partial charge in [-0.15, -0.1) is 0 Å². The monoisotopic (exact) mass is 692 g/mol. The van der Waals surface area contributed by atoms with Crippen LogP contribution in [0.2, 0.25) is 0 Å². The Morgan fingerprint density at radius 1 is 0.352 bits per heavy atom. The Hall–Kier alpha value is -6.65. The normalized spacial score (nSPS) is 14.7. The molecule has 2 heterocycles. The lowest BCUT2D eigenvalue weighted by Gasteiger charge is -2.32. The number of fused-ring (bicyclic) bond motifs is 2. The van der Waals surface area contributed by atoms with Gasteiger partial charge in [-0.3, -0.25) is 0 Å². The van der Waals surface area contributed by atoms with E-state index >= 15 is 0 Å². The molecule has 0 atom stereocenters. The lowest BCUT2D eigenvalue weighted by molar-refractivity contribution is 0.937. The standard InChI is InChI=1S/C48H38B2N4/c1-5-17-41(18-6-1)51-45-25-13-14-26-46(45)52(42-19-7-2-8-20-42)49(51)39-33-29-37(30-34-39)38-31-35-40(36-32-38)50-53(43-21-9-3-10-22-43)47-27-15-16-28-48(47)54(50)44-23-11-4-12-24-44/h1-11,13-23,25-36H,12,24H2. The molecule has 2 aliphatic heterocycles. The van der Waals surface area contributed by atoms with E-state index in [1.165, 1.54) is 67.6 Å². The average molecular weight is 692 g/mol. The van der Waals surface area contributed by atoms with Crippen molar-refractivity contribution in [2.75, 3.05) is 19.2 Å². The highest BCUT2D eigenvalue weighted by Crippen LogP contribution is 2.47. The van der Waals surface area contributed by atoms with E-state index in [9.17, 15) is 0 Å². The molecular formula is C48H38B2N4. The Morgan fingerprint density at radius 3 is 1.07 bits per heavy atom. The molecule has 0 saturated carbocycles. The summed E-state index contributed by atoms with van der Waals surface area (Å²) in [6.07, 6.45) is 8.83. The van der Waals surface area contributed by atoms with Gasteiger partial charge in [0.25, 0.3) is 0 Å². The summed E-state index contributed by atoms with van der Waals surface area (Å²) < 4.78 is 0. The average Bonchev–Trinajstić information content (AvgIpc) is 3.79. The van der Waals surface area contributed by atoms with E-state index in [1.54, 1.807) is 0 Å². The minimum Gasteiger partial charge on any atom is -0.363 e. The minimum atomic E-state index is -0.0495. The van der Waals surface area contributed by atoms with Crippen LogP contribution < -0.4 is 30.2 Å². The van der Waals surface area contributed by atoms with E-state index in [-0.39, 0.29) is 14.0 Å². The third-order valence-electron chi connectivity index (χ3n) is 10.9. The SMILES string of the molecule is C1=CCCC(N2B(c3ccc(-c4ccc(B5N(c6ccccc6)c6ccccc6N5c5ccccc5)cc4)cc3)N(c3ccccc3)c3ccccc32)=C1. The first-order valence-corrected chi connectivity index (χ1v) is 18.9. The van der Waals surface area contributed by atoms with Crippen LogP contribution in [0.4, 0.5) is 39.8 Å². The molecular weight excluding hydrogens is 654 g/mol. The van der Waals surface area contributed by atoms with Gasteiger partial charge < -0.3 is 19.2 Å². The maximum absolute atomic E-state index is 2.55. The van der Waals surface area contributed by atoms with Gasteiger partial charge in [0.15, 0.2) is 0 Å². The Balaban J connectivity index is 1.02. The van der Waals surface area contributed by atoms with Gasteiger partial charge in [0, 0.05) is 22.8 Å². The van der Waals surface area contributed by atoms with E-state index in [2.05, 4.69) is 226 Å². The molecule has 7 aromatic carbocycles. The number of anilines is 7. The van der Waals surface area contributed by atoms with Crippen LogP contribution in [0.5, 0.6) is 0 Å². The number of hydrogen-bond acceptors (Lipinski definition) is 4. The fraction of sp³-hybridized carbons (Fsp3) is 0.0417. The quantitative estimate of drug-likeness (QED) is 0.154. The van der Waals surface area contributed by atoms with E-state index in [0.29, 0.717) is 0 Å². The molecule has 0 spiro atoms. The van der Waals surface area contributed by atoms with Crippen molar-refractivity contribution in [3.63, 3.8) is 0 Å². The lowest BCUT2D eigenvalue weighted by atomic mass is 9.63. The van der Waals surface area contributed by atoms with Crippen molar-refractivity contribution in [3.8, 4) is 11.1 Å². The van der Waals surface area contributed by atoms with Gasteiger partial charge in [0.2, 0.25) is 0 Å². The number of allylic oxidation sites excluding steroid dienone is 4. The zero-order valence-corrected chi connectivity index (χ0v) is 30.0.